The summed E-state index contributed by atoms with van der Waals surface area (Å²) in [5, 5.41) is 2.40. The third-order valence-electron chi connectivity index (χ3n) is 1.17. The molecule has 1 amide bonds. The van der Waals surface area contributed by atoms with E-state index in [1.54, 1.807) is 0 Å². The van der Waals surface area contributed by atoms with E-state index in [1.165, 1.54) is 6.92 Å². The van der Waals surface area contributed by atoms with Crippen LogP contribution in [0.4, 0.5) is 0 Å². The Hall–Kier alpha value is -0.860. The molecule has 0 saturated carbocycles. The van der Waals surface area contributed by atoms with Crippen LogP contribution in [-0.4, -0.2) is 18.2 Å². The summed E-state index contributed by atoms with van der Waals surface area (Å²) in [6.07, 6.45) is 1.21. The monoisotopic (exact) mass is 129 g/mol. The van der Waals surface area contributed by atoms with Gasteiger partial charge in [-0.1, -0.05) is 6.92 Å². The molecule has 0 fully saturated rings. The number of hydrogen-bond acceptors (Lipinski definition) is 2. The van der Waals surface area contributed by atoms with Crippen molar-refractivity contribution in [3.63, 3.8) is 0 Å². The predicted octanol–water partition coefficient (Wildman–Crippen LogP) is 0.1000. The average molecular weight is 129 g/mol. The third-order valence-corrected chi connectivity index (χ3v) is 1.17. The molecule has 1 atom stereocenters. The van der Waals surface area contributed by atoms with E-state index in [4.69, 9.17) is 0 Å². The zero-order chi connectivity index (χ0) is 7.28. The second-order valence-corrected chi connectivity index (χ2v) is 1.86. The second-order valence-electron chi connectivity index (χ2n) is 1.86. The summed E-state index contributed by atoms with van der Waals surface area (Å²) in [4.78, 5) is 20.4. The topological polar surface area (TPSA) is 46.2 Å². The molecule has 9 heavy (non-hydrogen) atoms. The molecule has 0 aromatic rings. The summed E-state index contributed by atoms with van der Waals surface area (Å²) in [5.74, 6) is 0.00426. The van der Waals surface area contributed by atoms with Crippen molar-refractivity contribution in [3.8, 4) is 0 Å². The van der Waals surface area contributed by atoms with Crippen LogP contribution >= 0.6 is 0 Å². The molecule has 3 nitrogen and oxygen atoms in total. The SMILES string of the molecule is CC[C@H](NC=O)C(C)=O. The zero-order valence-electron chi connectivity index (χ0n) is 5.68. The van der Waals surface area contributed by atoms with Crippen LogP contribution < -0.4 is 5.32 Å². The molecule has 3 heteroatoms. The largest absolute Gasteiger partial charge is 0.349 e. The van der Waals surface area contributed by atoms with E-state index >= 15 is 0 Å². The molecular weight excluding hydrogens is 118 g/mol. The molecule has 0 radical (unpaired) electrons. The summed E-state index contributed by atoms with van der Waals surface area (Å²) in [6, 6.07) is -0.289. The maximum atomic E-state index is 10.5. The fourth-order valence-electron chi connectivity index (χ4n) is 0.605. The van der Waals surface area contributed by atoms with Gasteiger partial charge in [0, 0.05) is 0 Å². The molecule has 0 rings (SSSR count). The fraction of sp³-hybridized carbons (Fsp3) is 0.667. The number of hydrogen-bond donors (Lipinski definition) is 1. The molecule has 0 aliphatic carbocycles. The van der Waals surface area contributed by atoms with E-state index in [0.717, 1.165) is 0 Å². The van der Waals surface area contributed by atoms with Crippen LogP contribution in [0.3, 0.4) is 0 Å². The Balaban J connectivity index is 3.67. The van der Waals surface area contributed by atoms with Crippen molar-refractivity contribution in [2.24, 2.45) is 0 Å². The summed E-state index contributed by atoms with van der Waals surface area (Å²) >= 11 is 0. The van der Waals surface area contributed by atoms with Crippen molar-refractivity contribution in [2.45, 2.75) is 26.3 Å². The second kappa shape index (κ2) is 4.06. The van der Waals surface area contributed by atoms with Gasteiger partial charge in [0.05, 0.1) is 6.04 Å². The summed E-state index contributed by atoms with van der Waals surface area (Å²) < 4.78 is 0. The van der Waals surface area contributed by atoms with E-state index in [1.807, 2.05) is 6.92 Å². The molecule has 52 valence electrons. The van der Waals surface area contributed by atoms with Crippen molar-refractivity contribution < 1.29 is 9.59 Å². The van der Waals surface area contributed by atoms with Crippen molar-refractivity contribution in [1.29, 1.82) is 0 Å². The van der Waals surface area contributed by atoms with Crippen LogP contribution in [0.15, 0.2) is 0 Å². The van der Waals surface area contributed by atoms with Gasteiger partial charge in [0.15, 0.2) is 5.78 Å². The van der Waals surface area contributed by atoms with Gasteiger partial charge in [0.25, 0.3) is 0 Å². The molecule has 0 aromatic carbocycles. The number of rotatable bonds is 4. The number of ketones is 1. The first-order chi connectivity index (χ1) is 4.22. The van der Waals surface area contributed by atoms with E-state index in [2.05, 4.69) is 5.32 Å². The lowest BCUT2D eigenvalue weighted by Crippen LogP contribution is -2.33. The van der Waals surface area contributed by atoms with Crippen molar-refractivity contribution in [3.05, 3.63) is 0 Å². The van der Waals surface area contributed by atoms with Gasteiger partial charge < -0.3 is 5.32 Å². The van der Waals surface area contributed by atoms with Crippen molar-refractivity contribution in [1.82, 2.24) is 5.32 Å². The number of nitrogens with one attached hydrogen (secondary N) is 1. The molecule has 0 spiro atoms. The van der Waals surface area contributed by atoms with E-state index in [9.17, 15) is 9.59 Å². The Bertz CT molecular complexity index is 112. The van der Waals surface area contributed by atoms with Gasteiger partial charge in [-0.2, -0.15) is 0 Å². The first kappa shape index (κ1) is 8.14. The van der Waals surface area contributed by atoms with Crippen LogP contribution in [0.2, 0.25) is 0 Å². The van der Waals surface area contributed by atoms with Crippen LogP contribution in [-0.2, 0) is 9.59 Å². The van der Waals surface area contributed by atoms with Crippen LogP contribution in [0.1, 0.15) is 20.3 Å². The molecule has 0 bridgehead atoms. The van der Waals surface area contributed by atoms with Gasteiger partial charge >= 0.3 is 0 Å². The van der Waals surface area contributed by atoms with Gasteiger partial charge in [-0.05, 0) is 13.3 Å². The highest BCUT2D eigenvalue weighted by Crippen LogP contribution is 1.89. The van der Waals surface area contributed by atoms with Crippen LogP contribution in [0, 0.1) is 0 Å². The lowest BCUT2D eigenvalue weighted by atomic mass is 10.1. The molecule has 1 N–H and O–H groups in total. The third kappa shape index (κ3) is 2.85. The van der Waals surface area contributed by atoms with Gasteiger partial charge in [-0.25, -0.2) is 0 Å². The summed E-state index contributed by atoms with van der Waals surface area (Å²) in [7, 11) is 0. The molecule has 0 unspecified atom stereocenters. The molecular formula is C6H11NO2. The fourth-order valence-corrected chi connectivity index (χ4v) is 0.605. The minimum Gasteiger partial charge on any atom is -0.349 e. The van der Waals surface area contributed by atoms with Crippen molar-refractivity contribution >= 4 is 12.2 Å². The Kier molecular flexibility index (Phi) is 3.67. The Morgan fingerprint density at radius 2 is 2.33 bits per heavy atom. The first-order valence-corrected chi connectivity index (χ1v) is 2.92. The van der Waals surface area contributed by atoms with E-state index < -0.39 is 0 Å². The Morgan fingerprint density at radius 3 is 2.44 bits per heavy atom. The molecule has 0 aromatic heterocycles. The average Bonchev–Trinajstić information content (AvgIpc) is 1.82. The maximum Gasteiger partial charge on any atom is 0.207 e. The summed E-state index contributed by atoms with van der Waals surface area (Å²) in [5.41, 5.74) is 0. The lowest BCUT2D eigenvalue weighted by Gasteiger charge is -2.07. The predicted molar refractivity (Wildman–Crippen MR) is 34.0 cm³/mol. The van der Waals surface area contributed by atoms with E-state index in [0.29, 0.717) is 12.8 Å². The minimum absolute atomic E-state index is 0.00426. The highest BCUT2D eigenvalue weighted by atomic mass is 16.1. The molecule has 0 saturated heterocycles. The van der Waals surface area contributed by atoms with Gasteiger partial charge in [-0.3, -0.25) is 9.59 Å². The Morgan fingerprint density at radius 1 is 1.78 bits per heavy atom. The van der Waals surface area contributed by atoms with Gasteiger partial charge in [0.2, 0.25) is 6.41 Å². The molecule has 0 aliphatic heterocycles. The maximum absolute atomic E-state index is 10.5. The Labute approximate surface area is 54.4 Å². The lowest BCUT2D eigenvalue weighted by molar-refractivity contribution is -0.121. The molecule has 0 heterocycles. The number of carbonyl (C=O) groups is 2. The first-order valence-electron chi connectivity index (χ1n) is 2.92. The summed E-state index contributed by atoms with van der Waals surface area (Å²) in [6.45, 7) is 3.31. The normalized spacial score (nSPS) is 12.2. The van der Waals surface area contributed by atoms with Crippen LogP contribution in [0.5, 0.6) is 0 Å². The van der Waals surface area contributed by atoms with Gasteiger partial charge in [0.1, 0.15) is 0 Å². The highest BCUT2D eigenvalue weighted by molar-refractivity contribution is 5.83. The number of amides is 1. The van der Waals surface area contributed by atoms with Crippen molar-refractivity contribution in [2.75, 3.05) is 0 Å². The zero-order valence-corrected chi connectivity index (χ0v) is 5.68. The standard InChI is InChI=1S/C6H11NO2/c1-3-6(5(2)9)7-4-8/h4,6H,3H2,1-2H3,(H,7,8)/t6-/m0/s1. The quantitative estimate of drug-likeness (QED) is 0.547. The van der Waals surface area contributed by atoms with Gasteiger partial charge in [-0.15, -0.1) is 0 Å². The minimum atomic E-state index is -0.289. The highest BCUT2D eigenvalue weighted by Gasteiger charge is 2.07. The smallest absolute Gasteiger partial charge is 0.207 e. The van der Waals surface area contributed by atoms with Crippen LogP contribution in [0.25, 0.3) is 0 Å². The molecule has 0 aliphatic rings. The van der Waals surface area contributed by atoms with E-state index in [-0.39, 0.29) is 11.8 Å². The number of Topliss-reactive ketones (excluding diaryl/α,β-unsaturated/α-hetero) is 1. The number of carbonyl (C=O) groups excluding carboxylic acids is 2.